The highest BCUT2D eigenvalue weighted by Crippen LogP contribution is 2.16. The summed E-state index contributed by atoms with van der Waals surface area (Å²) in [7, 11) is 1.26. The Morgan fingerprint density at radius 1 is 1.12 bits per heavy atom. The van der Waals surface area contributed by atoms with Crippen LogP contribution in [0, 0.1) is 11.3 Å². The third kappa shape index (κ3) is 4.33. The average molecular weight is 350 g/mol. The minimum atomic E-state index is -1.16. The van der Waals surface area contributed by atoms with Gasteiger partial charge in [0.1, 0.15) is 11.6 Å². The fourth-order valence-corrected chi connectivity index (χ4v) is 2.13. The molecule has 0 heterocycles. The third-order valence-corrected chi connectivity index (χ3v) is 3.42. The average Bonchev–Trinajstić information content (AvgIpc) is 2.66. The van der Waals surface area contributed by atoms with Gasteiger partial charge in [0, 0.05) is 5.69 Å². The van der Waals surface area contributed by atoms with Crippen LogP contribution in [0.4, 0.5) is 5.69 Å². The van der Waals surface area contributed by atoms with Crippen molar-refractivity contribution >= 4 is 29.6 Å². The van der Waals surface area contributed by atoms with Crippen molar-refractivity contribution in [1.29, 1.82) is 5.26 Å². The number of aromatic carboxylic acids is 1. The number of esters is 1. The molecule has 0 unspecified atom stereocenters. The molecule has 0 fully saturated rings. The van der Waals surface area contributed by atoms with E-state index in [0.717, 1.165) is 0 Å². The smallest absolute Gasteiger partial charge is 0.337 e. The van der Waals surface area contributed by atoms with Crippen molar-refractivity contribution in [3.05, 3.63) is 70.8 Å². The van der Waals surface area contributed by atoms with Gasteiger partial charge in [-0.1, -0.05) is 18.2 Å². The Bertz CT molecular complexity index is 924. The lowest BCUT2D eigenvalue weighted by molar-refractivity contribution is -0.112. The lowest BCUT2D eigenvalue weighted by Gasteiger charge is -2.06. The number of hydrogen-bond donors (Lipinski definition) is 2. The number of carbonyl (C=O) groups is 3. The predicted octanol–water partition coefficient (Wildman–Crippen LogP) is 2.72. The summed E-state index contributed by atoms with van der Waals surface area (Å²) in [5, 5.41) is 20.9. The van der Waals surface area contributed by atoms with Crippen LogP contribution in [-0.2, 0) is 9.53 Å². The lowest BCUT2D eigenvalue weighted by Crippen LogP contribution is -2.14. The van der Waals surface area contributed by atoms with E-state index in [4.69, 9.17) is 5.11 Å². The van der Waals surface area contributed by atoms with E-state index in [1.165, 1.54) is 49.6 Å². The Morgan fingerprint density at radius 2 is 1.77 bits per heavy atom. The molecule has 0 atom stereocenters. The molecule has 0 radical (unpaired) electrons. The molecule has 0 saturated carbocycles. The van der Waals surface area contributed by atoms with Gasteiger partial charge in [-0.15, -0.1) is 0 Å². The summed E-state index contributed by atoms with van der Waals surface area (Å²) in [4.78, 5) is 34.9. The molecule has 0 aliphatic heterocycles. The van der Waals surface area contributed by atoms with Gasteiger partial charge >= 0.3 is 11.9 Å². The molecular weight excluding hydrogens is 336 g/mol. The number of nitrogens with one attached hydrogen (secondary N) is 1. The van der Waals surface area contributed by atoms with Crippen molar-refractivity contribution in [2.75, 3.05) is 12.4 Å². The Kier molecular flexibility index (Phi) is 5.85. The van der Waals surface area contributed by atoms with Crippen LogP contribution >= 0.6 is 0 Å². The normalized spacial score (nSPS) is 10.5. The van der Waals surface area contributed by atoms with Gasteiger partial charge in [0.15, 0.2) is 0 Å². The Morgan fingerprint density at radius 3 is 2.35 bits per heavy atom. The topological polar surface area (TPSA) is 116 Å². The standard InChI is InChI=1S/C19H14N2O5/c1-26-19(25)12-6-8-15(9-7-12)21-17(22)14(11-20)10-13-4-2-3-5-16(13)18(23)24/h2-10H,1H3,(H,21,22)(H,23,24)/b14-10-. The fourth-order valence-electron chi connectivity index (χ4n) is 2.13. The number of rotatable bonds is 5. The molecule has 2 N–H and O–H groups in total. The Labute approximate surface area is 149 Å². The van der Waals surface area contributed by atoms with Crippen molar-refractivity contribution in [2.24, 2.45) is 0 Å². The van der Waals surface area contributed by atoms with Crippen LogP contribution < -0.4 is 5.32 Å². The molecule has 7 nitrogen and oxygen atoms in total. The molecule has 0 bridgehead atoms. The van der Waals surface area contributed by atoms with Crippen LogP contribution in [0.5, 0.6) is 0 Å². The van der Waals surface area contributed by atoms with Gasteiger partial charge in [0.05, 0.1) is 18.2 Å². The van der Waals surface area contributed by atoms with E-state index in [2.05, 4.69) is 10.1 Å². The van der Waals surface area contributed by atoms with E-state index >= 15 is 0 Å². The first-order valence-electron chi connectivity index (χ1n) is 7.40. The van der Waals surface area contributed by atoms with Crippen LogP contribution in [0.25, 0.3) is 6.08 Å². The van der Waals surface area contributed by atoms with E-state index in [-0.39, 0.29) is 16.7 Å². The second-order valence-electron chi connectivity index (χ2n) is 5.09. The number of carboxylic acid groups (broad SMARTS) is 1. The number of ether oxygens (including phenoxy) is 1. The predicted molar refractivity (Wildman–Crippen MR) is 93.4 cm³/mol. The zero-order valence-corrected chi connectivity index (χ0v) is 13.7. The van der Waals surface area contributed by atoms with Gasteiger partial charge < -0.3 is 15.2 Å². The van der Waals surface area contributed by atoms with Crippen LogP contribution in [0.1, 0.15) is 26.3 Å². The summed E-state index contributed by atoms with van der Waals surface area (Å²) >= 11 is 0. The second-order valence-corrected chi connectivity index (χ2v) is 5.09. The van der Waals surface area contributed by atoms with E-state index in [1.54, 1.807) is 18.2 Å². The number of hydrogen-bond acceptors (Lipinski definition) is 5. The maximum Gasteiger partial charge on any atom is 0.337 e. The second kappa shape index (κ2) is 8.26. The highest BCUT2D eigenvalue weighted by molar-refractivity contribution is 6.10. The molecule has 2 rings (SSSR count). The van der Waals surface area contributed by atoms with Crippen LogP contribution in [-0.4, -0.2) is 30.1 Å². The molecule has 2 aromatic carbocycles. The van der Waals surface area contributed by atoms with E-state index < -0.39 is 17.8 Å². The molecule has 0 saturated heterocycles. The highest BCUT2D eigenvalue weighted by Gasteiger charge is 2.13. The largest absolute Gasteiger partial charge is 0.478 e. The van der Waals surface area contributed by atoms with Crippen molar-refractivity contribution in [2.45, 2.75) is 0 Å². The van der Waals surface area contributed by atoms with Crippen molar-refractivity contribution in [3.63, 3.8) is 0 Å². The molecule has 0 spiro atoms. The minimum Gasteiger partial charge on any atom is -0.478 e. The maximum atomic E-state index is 12.3. The number of methoxy groups -OCH3 is 1. The van der Waals surface area contributed by atoms with Crippen LogP contribution in [0.2, 0.25) is 0 Å². The summed E-state index contributed by atoms with van der Waals surface area (Å²) in [5.41, 5.74) is 0.659. The van der Waals surface area contributed by atoms with E-state index in [0.29, 0.717) is 11.3 Å². The quantitative estimate of drug-likeness (QED) is 0.486. The molecule has 0 aliphatic carbocycles. The molecule has 26 heavy (non-hydrogen) atoms. The van der Waals surface area contributed by atoms with Gasteiger partial charge in [0.2, 0.25) is 0 Å². The fraction of sp³-hybridized carbons (Fsp3) is 0.0526. The van der Waals surface area contributed by atoms with Crippen molar-refractivity contribution in [3.8, 4) is 6.07 Å². The molecule has 1 amide bonds. The summed E-state index contributed by atoms with van der Waals surface area (Å²) < 4.78 is 4.58. The van der Waals surface area contributed by atoms with Gasteiger partial charge in [0.25, 0.3) is 5.91 Å². The third-order valence-electron chi connectivity index (χ3n) is 3.42. The Balaban J connectivity index is 2.23. The first kappa shape index (κ1) is 18.4. The molecule has 7 heteroatoms. The van der Waals surface area contributed by atoms with E-state index in [1.807, 2.05) is 0 Å². The van der Waals surface area contributed by atoms with Gasteiger partial charge in [-0.3, -0.25) is 4.79 Å². The van der Waals surface area contributed by atoms with Gasteiger partial charge in [-0.25, -0.2) is 9.59 Å². The monoisotopic (exact) mass is 350 g/mol. The molecule has 130 valence electrons. The minimum absolute atomic E-state index is 0.0181. The number of carboxylic acids is 1. The Hall–Kier alpha value is -3.92. The molecular formula is C19H14N2O5. The van der Waals surface area contributed by atoms with Crippen LogP contribution in [0.15, 0.2) is 54.1 Å². The number of carbonyl (C=O) groups excluding carboxylic acids is 2. The van der Waals surface area contributed by atoms with E-state index in [9.17, 15) is 19.6 Å². The molecule has 0 aliphatic rings. The number of amides is 1. The summed E-state index contributed by atoms with van der Waals surface area (Å²) in [6.07, 6.45) is 1.21. The van der Waals surface area contributed by atoms with Crippen molar-refractivity contribution in [1.82, 2.24) is 0 Å². The van der Waals surface area contributed by atoms with Gasteiger partial charge in [-0.05, 0) is 42.0 Å². The molecule has 2 aromatic rings. The maximum absolute atomic E-state index is 12.3. The first-order chi connectivity index (χ1) is 12.5. The SMILES string of the molecule is COC(=O)c1ccc(NC(=O)/C(C#N)=C\c2ccccc2C(=O)O)cc1. The highest BCUT2D eigenvalue weighted by atomic mass is 16.5. The van der Waals surface area contributed by atoms with Gasteiger partial charge in [-0.2, -0.15) is 5.26 Å². The number of nitriles is 1. The zero-order valence-electron chi connectivity index (χ0n) is 13.7. The summed E-state index contributed by atoms with van der Waals surface area (Å²) in [5.74, 6) is -2.36. The van der Waals surface area contributed by atoms with Crippen molar-refractivity contribution < 1.29 is 24.2 Å². The molecule has 0 aromatic heterocycles. The number of benzene rings is 2. The summed E-state index contributed by atoms with van der Waals surface area (Å²) in [6.45, 7) is 0. The van der Waals surface area contributed by atoms with Crippen LogP contribution in [0.3, 0.4) is 0 Å². The lowest BCUT2D eigenvalue weighted by atomic mass is 10.0. The number of nitrogens with zero attached hydrogens (tertiary/aromatic N) is 1. The number of anilines is 1. The zero-order chi connectivity index (χ0) is 19.1. The first-order valence-corrected chi connectivity index (χ1v) is 7.40. The summed E-state index contributed by atoms with van der Waals surface area (Å²) in [6, 6.07) is 13.7.